The lowest BCUT2D eigenvalue weighted by Crippen LogP contribution is -2.00. The second kappa shape index (κ2) is 3.18. The van der Waals surface area contributed by atoms with Crippen LogP contribution in [0.5, 0.6) is 5.75 Å². The minimum Gasteiger partial charge on any atom is -0.496 e. The zero-order chi connectivity index (χ0) is 7.56. The molecule has 0 aliphatic carbocycles. The van der Waals surface area contributed by atoms with Crippen LogP contribution in [0.2, 0.25) is 5.15 Å². The zero-order valence-electron chi connectivity index (χ0n) is 5.47. The summed E-state index contributed by atoms with van der Waals surface area (Å²) in [5, 5.41) is 1.26. The molecule has 0 aliphatic heterocycles. The number of methoxy groups -OCH3 is 1. The molecule has 0 fully saturated rings. The van der Waals surface area contributed by atoms with E-state index in [0.29, 0.717) is 5.15 Å². The lowest BCUT2D eigenvalue weighted by molar-refractivity contribution is 0.418. The maximum atomic E-state index is 5.68. The van der Waals surface area contributed by atoms with Crippen LogP contribution in [0.1, 0.15) is 0 Å². The average Bonchev–Trinajstić information content (AvgIpc) is 1.95. The number of rotatable bonds is 1. The van der Waals surface area contributed by atoms with Crippen molar-refractivity contribution in [2.45, 2.75) is 0 Å². The van der Waals surface area contributed by atoms with Gasteiger partial charge in [-0.3, -0.25) is 0 Å². The molecule has 0 amide bonds. The van der Waals surface area contributed by atoms with Gasteiger partial charge in [0.2, 0.25) is 0 Å². The lowest BCUT2D eigenvalue weighted by atomic mass is 10.4. The Labute approximate surface area is 66.8 Å². The molecule has 1 aromatic heterocycles. The summed E-state index contributed by atoms with van der Waals surface area (Å²) in [7, 11) is 4.07. The molecule has 1 heterocycles. The molecule has 0 radical (unpaired) electrons. The summed E-state index contributed by atoms with van der Waals surface area (Å²) in [6.07, 6.45) is 1.61. The molecular formula is C6H7ClNOP. The van der Waals surface area contributed by atoms with Crippen LogP contribution in [-0.2, 0) is 0 Å². The van der Waals surface area contributed by atoms with E-state index in [9.17, 15) is 0 Å². The van der Waals surface area contributed by atoms with Crippen molar-refractivity contribution in [3.63, 3.8) is 0 Å². The standard InChI is InChI=1S/C6H7ClNOP/c1-9-4-2-3-8-6(7)5(4)10/h2-3H,10H2,1H3. The van der Waals surface area contributed by atoms with Crippen LogP contribution in [-0.4, -0.2) is 12.1 Å². The first kappa shape index (κ1) is 7.77. The first-order valence-corrected chi connectivity index (χ1v) is 3.65. The molecule has 4 heteroatoms. The number of ether oxygens (including phenoxy) is 1. The van der Waals surface area contributed by atoms with Crippen molar-refractivity contribution in [1.29, 1.82) is 0 Å². The molecular weight excluding hydrogens is 168 g/mol. The van der Waals surface area contributed by atoms with Gasteiger partial charge in [-0.15, -0.1) is 0 Å². The van der Waals surface area contributed by atoms with Crippen molar-refractivity contribution in [1.82, 2.24) is 4.98 Å². The van der Waals surface area contributed by atoms with E-state index in [1.807, 2.05) is 0 Å². The van der Waals surface area contributed by atoms with Gasteiger partial charge in [-0.2, -0.15) is 0 Å². The van der Waals surface area contributed by atoms with Gasteiger partial charge in [0.25, 0.3) is 0 Å². The fourth-order valence-corrected chi connectivity index (χ4v) is 1.05. The van der Waals surface area contributed by atoms with E-state index < -0.39 is 0 Å². The summed E-state index contributed by atoms with van der Waals surface area (Å²) in [5.74, 6) is 0.741. The van der Waals surface area contributed by atoms with Crippen LogP contribution in [0.15, 0.2) is 12.3 Å². The Balaban J connectivity index is 3.14. The van der Waals surface area contributed by atoms with Crippen molar-refractivity contribution in [3.05, 3.63) is 17.4 Å². The molecule has 1 aromatic rings. The van der Waals surface area contributed by atoms with E-state index in [0.717, 1.165) is 11.1 Å². The van der Waals surface area contributed by atoms with Gasteiger partial charge in [0.1, 0.15) is 10.9 Å². The van der Waals surface area contributed by atoms with E-state index in [-0.39, 0.29) is 0 Å². The van der Waals surface area contributed by atoms with Crippen LogP contribution >= 0.6 is 20.8 Å². The number of hydrogen-bond donors (Lipinski definition) is 0. The van der Waals surface area contributed by atoms with Gasteiger partial charge >= 0.3 is 0 Å². The topological polar surface area (TPSA) is 22.1 Å². The average molecular weight is 176 g/mol. The first-order valence-electron chi connectivity index (χ1n) is 2.69. The number of pyridine rings is 1. The second-order valence-corrected chi connectivity index (χ2v) is 2.65. The summed E-state index contributed by atoms with van der Waals surface area (Å²) < 4.78 is 4.98. The second-order valence-electron chi connectivity index (χ2n) is 1.72. The van der Waals surface area contributed by atoms with Crippen LogP contribution in [0, 0.1) is 0 Å². The van der Waals surface area contributed by atoms with Crippen LogP contribution < -0.4 is 10.0 Å². The molecule has 1 rings (SSSR count). The monoisotopic (exact) mass is 175 g/mol. The summed E-state index contributed by atoms with van der Waals surface area (Å²) in [6, 6.07) is 1.76. The predicted molar refractivity (Wildman–Crippen MR) is 45.1 cm³/mol. The molecule has 0 aromatic carbocycles. The smallest absolute Gasteiger partial charge is 0.139 e. The first-order chi connectivity index (χ1) is 4.75. The van der Waals surface area contributed by atoms with E-state index in [2.05, 4.69) is 14.2 Å². The highest BCUT2D eigenvalue weighted by Gasteiger charge is 2.00. The van der Waals surface area contributed by atoms with Crippen LogP contribution in [0.4, 0.5) is 0 Å². The van der Waals surface area contributed by atoms with Gasteiger partial charge < -0.3 is 4.74 Å². The van der Waals surface area contributed by atoms with Gasteiger partial charge in [-0.1, -0.05) is 20.8 Å². The SMILES string of the molecule is COc1ccnc(Cl)c1P. The Morgan fingerprint density at radius 2 is 2.40 bits per heavy atom. The number of nitrogens with zero attached hydrogens (tertiary/aromatic N) is 1. The number of halogens is 1. The molecule has 0 saturated carbocycles. The third kappa shape index (κ3) is 1.39. The van der Waals surface area contributed by atoms with Gasteiger partial charge in [0.15, 0.2) is 0 Å². The molecule has 1 atom stereocenters. The summed E-state index contributed by atoms with van der Waals surface area (Å²) in [4.78, 5) is 3.85. The van der Waals surface area contributed by atoms with Gasteiger partial charge in [0.05, 0.1) is 7.11 Å². The minimum atomic E-state index is 0.462. The highest BCUT2D eigenvalue weighted by molar-refractivity contribution is 7.28. The van der Waals surface area contributed by atoms with E-state index in [4.69, 9.17) is 16.3 Å². The van der Waals surface area contributed by atoms with Crippen molar-refractivity contribution < 1.29 is 4.74 Å². The van der Waals surface area contributed by atoms with Gasteiger partial charge in [0, 0.05) is 11.5 Å². The number of aromatic nitrogens is 1. The van der Waals surface area contributed by atoms with Crippen molar-refractivity contribution >= 4 is 26.1 Å². The Morgan fingerprint density at radius 3 is 2.90 bits per heavy atom. The molecule has 0 saturated heterocycles. The summed E-state index contributed by atoms with van der Waals surface area (Å²) >= 11 is 5.68. The zero-order valence-corrected chi connectivity index (χ0v) is 7.38. The Morgan fingerprint density at radius 1 is 1.70 bits per heavy atom. The van der Waals surface area contributed by atoms with Crippen LogP contribution in [0.3, 0.4) is 0 Å². The van der Waals surface area contributed by atoms with Crippen LogP contribution in [0.25, 0.3) is 0 Å². The van der Waals surface area contributed by atoms with Crippen molar-refractivity contribution in [2.75, 3.05) is 7.11 Å². The third-order valence-electron chi connectivity index (χ3n) is 1.12. The van der Waals surface area contributed by atoms with E-state index in [1.54, 1.807) is 19.4 Å². The molecule has 0 aliphatic rings. The highest BCUT2D eigenvalue weighted by atomic mass is 35.5. The van der Waals surface area contributed by atoms with E-state index in [1.165, 1.54) is 0 Å². The molecule has 1 unspecified atom stereocenters. The third-order valence-corrected chi connectivity index (χ3v) is 2.16. The van der Waals surface area contributed by atoms with Crippen molar-refractivity contribution in [2.24, 2.45) is 0 Å². The summed E-state index contributed by atoms with van der Waals surface area (Å²) in [5.41, 5.74) is 0. The molecule has 0 spiro atoms. The normalized spacial score (nSPS) is 9.50. The molecule has 10 heavy (non-hydrogen) atoms. The fourth-order valence-electron chi connectivity index (χ4n) is 0.609. The largest absolute Gasteiger partial charge is 0.496 e. The Hall–Kier alpha value is -0.330. The van der Waals surface area contributed by atoms with E-state index >= 15 is 0 Å². The lowest BCUT2D eigenvalue weighted by Gasteiger charge is -2.02. The quantitative estimate of drug-likeness (QED) is 0.473. The Bertz CT molecular complexity index is 241. The maximum absolute atomic E-state index is 5.68. The fraction of sp³-hybridized carbons (Fsp3) is 0.167. The predicted octanol–water partition coefficient (Wildman–Crippen LogP) is 1.24. The van der Waals surface area contributed by atoms with Gasteiger partial charge in [-0.05, 0) is 6.07 Å². The Kier molecular flexibility index (Phi) is 2.47. The number of hydrogen-bond acceptors (Lipinski definition) is 2. The molecule has 0 bridgehead atoms. The van der Waals surface area contributed by atoms with Crippen molar-refractivity contribution in [3.8, 4) is 5.75 Å². The highest BCUT2D eigenvalue weighted by Crippen LogP contribution is 2.14. The molecule has 54 valence electrons. The molecule has 2 nitrogen and oxygen atoms in total. The minimum absolute atomic E-state index is 0.462. The van der Waals surface area contributed by atoms with Gasteiger partial charge in [-0.25, -0.2) is 4.98 Å². The molecule has 0 N–H and O–H groups in total. The maximum Gasteiger partial charge on any atom is 0.139 e. The summed E-state index contributed by atoms with van der Waals surface area (Å²) in [6.45, 7) is 0.